The van der Waals surface area contributed by atoms with Gasteiger partial charge in [0.05, 0.1) is 6.54 Å². The van der Waals surface area contributed by atoms with E-state index in [1.807, 2.05) is 13.0 Å². The number of nitrogens with zero attached hydrogens (tertiary/aromatic N) is 2. The largest absolute Gasteiger partial charge is 0.357 e. The van der Waals surface area contributed by atoms with Crippen molar-refractivity contribution in [2.45, 2.75) is 31.6 Å². The van der Waals surface area contributed by atoms with Crippen LogP contribution in [0.4, 0.5) is 4.39 Å². The van der Waals surface area contributed by atoms with E-state index in [2.05, 4.69) is 15.6 Å². The molecule has 140 valence electrons. The second kappa shape index (κ2) is 9.94. The van der Waals surface area contributed by atoms with Crippen LogP contribution in [0.2, 0.25) is 0 Å². The molecule has 2 rings (SSSR count). The highest BCUT2D eigenvalue weighted by atomic mass is 127. The van der Waals surface area contributed by atoms with Crippen molar-refractivity contribution >= 4 is 35.8 Å². The second-order valence-electron chi connectivity index (χ2n) is 6.45. The summed E-state index contributed by atoms with van der Waals surface area (Å²) >= 11 is 0. The Balaban J connectivity index is 0.00000312. The van der Waals surface area contributed by atoms with Crippen molar-refractivity contribution in [2.24, 2.45) is 4.99 Å². The minimum Gasteiger partial charge on any atom is -0.357 e. The molecule has 1 aromatic rings. The Morgan fingerprint density at radius 1 is 1.32 bits per heavy atom. The van der Waals surface area contributed by atoms with Gasteiger partial charge in [-0.2, -0.15) is 0 Å². The zero-order valence-electron chi connectivity index (χ0n) is 15.1. The maximum atomic E-state index is 13.5. The van der Waals surface area contributed by atoms with Crippen LogP contribution < -0.4 is 10.6 Å². The molecule has 25 heavy (non-hydrogen) atoms. The molecule has 0 unspecified atom stereocenters. The Kier molecular flexibility index (Phi) is 8.61. The van der Waals surface area contributed by atoms with Gasteiger partial charge in [-0.25, -0.2) is 4.39 Å². The zero-order valence-corrected chi connectivity index (χ0v) is 17.5. The maximum Gasteiger partial charge on any atom is 0.223 e. The molecule has 0 bridgehead atoms. The zero-order chi connectivity index (χ0) is 17.6. The Morgan fingerprint density at radius 2 is 2.04 bits per heavy atom. The van der Waals surface area contributed by atoms with Crippen LogP contribution in [0.3, 0.4) is 0 Å². The molecule has 1 amide bonds. The monoisotopic (exact) mass is 462 g/mol. The molecule has 0 atom stereocenters. The van der Waals surface area contributed by atoms with Gasteiger partial charge in [0, 0.05) is 39.0 Å². The Labute approximate surface area is 166 Å². The normalized spacial score (nSPS) is 15.1. The van der Waals surface area contributed by atoms with Crippen molar-refractivity contribution in [3.8, 4) is 0 Å². The van der Waals surface area contributed by atoms with Gasteiger partial charge in [-0.15, -0.1) is 24.0 Å². The predicted octanol–water partition coefficient (Wildman–Crippen LogP) is 2.51. The van der Waals surface area contributed by atoms with E-state index in [-0.39, 0.29) is 41.1 Å². The van der Waals surface area contributed by atoms with Crippen LogP contribution in [0, 0.1) is 5.82 Å². The lowest BCUT2D eigenvalue weighted by Crippen LogP contribution is -2.39. The van der Waals surface area contributed by atoms with Crippen LogP contribution in [0.25, 0.3) is 0 Å². The summed E-state index contributed by atoms with van der Waals surface area (Å²) in [6.45, 7) is 3.91. The smallest absolute Gasteiger partial charge is 0.223 e. The van der Waals surface area contributed by atoms with Crippen LogP contribution in [0.5, 0.6) is 0 Å². The van der Waals surface area contributed by atoms with Crippen molar-refractivity contribution in [3.05, 3.63) is 35.6 Å². The highest BCUT2D eigenvalue weighted by molar-refractivity contribution is 14.0. The van der Waals surface area contributed by atoms with E-state index < -0.39 is 0 Å². The quantitative estimate of drug-likeness (QED) is 0.372. The van der Waals surface area contributed by atoms with E-state index in [9.17, 15) is 9.18 Å². The molecule has 0 spiro atoms. The molecule has 1 fully saturated rings. The molecule has 0 aliphatic heterocycles. The average molecular weight is 462 g/mol. The van der Waals surface area contributed by atoms with Gasteiger partial charge in [0.2, 0.25) is 5.91 Å². The minimum absolute atomic E-state index is 0. The van der Waals surface area contributed by atoms with Crippen molar-refractivity contribution < 1.29 is 9.18 Å². The lowest BCUT2D eigenvalue weighted by atomic mass is 9.96. The Bertz CT molecular complexity index is 602. The molecule has 2 N–H and O–H groups in total. The number of halogens is 2. The number of benzene rings is 1. The van der Waals surface area contributed by atoms with E-state index in [1.165, 1.54) is 6.07 Å². The number of carbonyl (C=O) groups is 1. The molecule has 0 aromatic heterocycles. The molecule has 0 heterocycles. The van der Waals surface area contributed by atoms with Crippen molar-refractivity contribution in [1.82, 2.24) is 15.5 Å². The van der Waals surface area contributed by atoms with Crippen LogP contribution in [-0.2, 0) is 10.2 Å². The topological polar surface area (TPSA) is 56.7 Å². The van der Waals surface area contributed by atoms with Crippen LogP contribution in [0.15, 0.2) is 29.3 Å². The van der Waals surface area contributed by atoms with E-state index in [4.69, 9.17) is 0 Å². The first-order valence-corrected chi connectivity index (χ1v) is 8.45. The second-order valence-corrected chi connectivity index (χ2v) is 6.45. The van der Waals surface area contributed by atoms with Gasteiger partial charge in [-0.1, -0.05) is 12.1 Å². The highest BCUT2D eigenvalue weighted by Crippen LogP contribution is 2.48. The summed E-state index contributed by atoms with van der Waals surface area (Å²) in [4.78, 5) is 17.8. The number of carbonyl (C=O) groups excluding carboxylic acids is 1. The standard InChI is InChI=1S/C18H27FN4O.HI/c1-4-20-17(21-11-8-16(24)23(2)3)22-13-18(9-10-18)14-6-5-7-15(19)12-14;/h5-7,12H,4,8-11,13H2,1-3H3,(H2,20,21,22);1H. The molecule has 1 aliphatic carbocycles. The average Bonchev–Trinajstić information content (AvgIpc) is 3.33. The fraction of sp³-hybridized carbons (Fsp3) is 0.556. The van der Waals surface area contributed by atoms with Crippen LogP contribution in [-0.4, -0.2) is 50.5 Å². The molecule has 0 radical (unpaired) electrons. The predicted molar refractivity (Wildman–Crippen MR) is 110 cm³/mol. The molecule has 1 aliphatic rings. The van der Waals surface area contributed by atoms with E-state index >= 15 is 0 Å². The Morgan fingerprint density at radius 3 is 2.60 bits per heavy atom. The third-order valence-corrected chi connectivity index (χ3v) is 4.30. The molecule has 7 heteroatoms. The van der Waals surface area contributed by atoms with E-state index in [0.29, 0.717) is 25.5 Å². The molecule has 5 nitrogen and oxygen atoms in total. The van der Waals surface area contributed by atoms with E-state index in [1.54, 1.807) is 31.1 Å². The van der Waals surface area contributed by atoms with Gasteiger partial charge in [-0.05, 0) is 37.5 Å². The number of amides is 1. The Hall–Kier alpha value is -1.38. The molecular formula is C18H28FIN4O. The van der Waals surface area contributed by atoms with E-state index in [0.717, 1.165) is 24.9 Å². The lowest BCUT2D eigenvalue weighted by molar-refractivity contribution is -0.128. The summed E-state index contributed by atoms with van der Waals surface area (Å²) in [6, 6.07) is 6.81. The molecule has 1 aromatic carbocycles. The first-order valence-electron chi connectivity index (χ1n) is 8.45. The fourth-order valence-electron chi connectivity index (χ4n) is 2.59. The summed E-state index contributed by atoms with van der Waals surface area (Å²) in [5.74, 6) is 0.582. The van der Waals surface area contributed by atoms with Gasteiger partial charge in [0.15, 0.2) is 5.96 Å². The first-order chi connectivity index (χ1) is 11.5. The first kappa shape index (κ1) is 21.7. The summed E-state index contributed by atoms with van der Waals surface area (Å²) < 4.78 is 13.5. The maximum absolute atomic E-state index is 13.5. The summed E-state index contributed by atoms with van der Waals surface area (Å²) in [5.41, 5.74) is 0.981. The van der Waals surface area contributed by atoms with Crippen molar-refractivity contribution in [2.75, 3.05) is 33.7 Å². The SMILES string of the molecule is CCNC(=NCC1(c2cccc(F)c2)CC1)NCCC(=O)N(C)C.I. The highest BCUT2D eigenvalue weighted by Gasteiger charge is 2.44. The molecular weight excluding hydrogens is 434 g/mol. The third kappa shape index (κ3) is 6.45. The van der Waals surface area contributed by atoms with Gasteiger partial charge in [-0.3, -0.25) is 9.79 Å². The number of guanidine groups is 1. The lowest BCUT2D eigenvalue weighted by Gasteiger charge is -2.16. The number of hydrogen-bond donors (Lipinski definition) is 2. The summed E-state index contributed by atoms with van der Waals surface area (Å²) in [7, 11) is 3.49. The summed E-state index contributed by atoms with van der Waals surface area (Å²) in [5, 5.41) is 6.38. The van der Waals surface area contributed by atoms with Crippen molar-refractivity contribution in [1.29, 1.82) is 0 Å². The minimum atomic E-state index is -0.199. The van der Waals surface area contributed by atoms with Crippen LogP contribution >= 0.6 is 24.0 Å². The van der Waals surface area contributed by atoms with Gasteiger partial charge < -0.3 is 15.5 Å². The van der Waals surface area contributed by atoms with Gasteiger partial charge in [0.1, 0.15) is 5.82 Å². The molecule has 0 saturated heterocycles. The number of nitrogens with one attached hydrogen (secondary N) is 2. The summed E-state index contributed by atoms with van der Waals surface area (Å²) in [6.07, 6.45) is 2.48. The van der Waals surface area contributed by atoms with Gasteiger partial charge in [0.25, 0.3) is 0 Å². The van der Waals surface area contributed by atoms with Gasteiger partial charge >= 0.3 is 0 Å². The number of aliphatic imine (C=N–C) groups is 1. The fourth-order valence-corrected chi connectivity index (χ4v) is 2.59. The van der Waals surface area contributed by atoms with Crippen LogP contribution in [0.1, 0.15) is 31.7 Å². The van der Waals surface area contributed by atoms with Crippen molar-refractivity contribution in [3.63, 3.8) is 0 Å². The number of hydrogen-bond acceptors (Lipinski definition) is 2. The third-order valence-electron chi connectivity index (χ3n) is 4.30. The molecule has 1 saturated carbocycles. The number of rotatable bonds is 7.